The van der Waals surface area contributed by atoms with Gasteiger partial charge in [-0.15, -0.1) is 0 Å². The number of rotatable bonds is 42. The number of allylic oxidation sites excluding steroid dienone is 14. The second-order valence-electron chi connectivity index (χ2n) is 14.9. The van der Waals surface area contributed by atoms with Crippen LogP contribution in [0.1, 0.15) is 181 Å². The molecule has 2 unspecified atom stereocenters. The normalized spacial score (nSPS) is 14.0. The van der Waals surface area contributed by atoms with Gasteiger partial charge in [0.05, 0.1) is 13.2 Å². The van der Waals surface area contributed by atoms with Gasteiger partial charge in [-0.05, 0) is 89.9 Å². The van der Waals surface area contributed by atoms with Crippen molar-refractivity contribution in [2.24, 2.45) is 5.73 Å². The van der Waals surface area contributed by atoms with E-state index < -0.39 is 32.5 Å². The molecule has 0 radical (unpaired) electrons. The highest BCUT2D eigenvalue weighted by Crippen LogP contribution is 2.43. The lowest BCUT2D eigenvalue weighted by atomic mass is 10.1. The molecule has 0 saturated heterocycles. The molecule has 0 fully saturated rings. The fraction of sp³-hybridized carbons (Fsp3) is 0.673. The maximum Gasteiger partial charge on any atom is 0.472 e. The van der Waals surface area contributed by atoms with Crippen LogP contribution in [0.25, 0.3) is 0 Å². The summed E-state index contributed by atoms with van der Waals surface area (Å²) in [6.45, 7) is 3.55. The molecule has 9 nitrogen and oxygen atoms in total. The molecule has 0 aromatic carbocycles. The molecule has 0 amide bonds. The van der Waals surface area contributed by atoms with Crippen LogP contribution in [0, 0.1) is 0 Å². The molecule has 0 saturated carbocycles. The summed E-state index contributed by atoms with van der Waals surface area (Å²) in [7, 11) is -4.39. The van der Waals surface area contributed by atoms with Crippen molar-refractivity contribution >= 4 is 19.8 Å². The third-order valence-electron chi connectivity index (χ3n) is 9.27. The second-order valence-corrected chi connectivity index (χ2v) is 16.3. The maximum atomic E-state index is 12.6. The van der Waals surface area contributed by atoms with Crippen molar-refractivity contribution in [2.75, 3.05) is 26.4 Å². The summed E-state index contributed by atoms with van der Waals surface area (Å²) in [5.41, 5.74) is 5.35. The fourth-order valence-corrected chi connectivity index (χ4v) is 6.63. The zero-order chi connectivity index (χ0) is 43.2. The number of esters is 2. The Labute approximate surface area is 360 Å². The van der Waals surface area contributed by atoms with E-state index in [2.05, 4.69) is 98.9 Å². The van der Waals surface area contributed by atoms with Crippen LogP contribution in [0.5, 0.6) is 0 Å². The average molecular weight is 846 g/mol. The highest BCUT2D eigenvalue weighted by atomic mass is 31.2. The zero-order valence-corrected chi connectivity index (χ0v) is 38.1. The predicted octanol–water partition coefficient (Wildman–Crippen LogP) is 13.6. The van der Waals surface area contributed by atoms with Crippen molar-refractivity contribution in [3.05, 3.63) is 85.1 Å². The van der Waals surface area contributed by atoms with Crippen LogP contribution < -0.4 is 5.73 Å². The van der Waals surface area contributed by atoms with Crippen LogP contribution in [0.2, 0.25) is 0 Å². The Hall–Kier alpha value is -2.81. The molecular weight excluding hydrogens is 762 g/mol. The molecule has 0 aliphatic rings. The number of hydrogen-bond acceptors (Lipinski definition) is 8. The number of phosphoric acid groups is 1. The van der Waals surface area contributed by atoms with E-state index in [1.165, 1.54) is 25.7 Å². The molecule has 2 atom stereocenters. The van der Waals surface area contributed by atoms with Gasteiger partial charge >= 0.3 is 19.8 Å². The van der Waals surface area contributed by atoms with Crippen molar-refractivity contribution in [1.82, 2.24) is 0 Å². The first kappa shape index (κ1) is 56.2. The van der Waals surface area contributed by atoms with Gasteiger partial charge in [0, 0.05) is 19.4 Å². The Bertz CT molecular complexity index is 1240. The maximum absolute atomic E-state index is 12.6. The summed E-state index contributed by atoms with van der Waals surface area (Å²) < 4.78 is 32.8. The van der Waals surface area contributed by atoms with Crippen molar-refractivity contribution in [3.63, 3.8) is 0 Å². The van der Waals surface area contributed by atoms with Crippen LogP contribution in [-0.2, 0) is 32.7 Å². The lowest BCUT2D eigenvalue weighted by Crippen LogP contribution is -2.29. The number of carbonyl (C=O) groups is 2. The quantitative estimate of drug-likeness (QED) is 0.0266. The van der Waals surface area contributed by atoms with Crippen molar-refractivity contribution < 1.29 is 37.6 Å². The van der Waals surface area contributed by atoms with E-state index in [0.717, 1.165) is 116 Å². The first-order valence-electron chi connectivity index (χ1n) is 23.1. The summed E-state index contributed by atoms with van der Waals surface area (Å²) in [4.78, 5) is 35.0. The molecule has 0 bridgehead atoms. The Morgan fingerprint density at radius 2 is 0.932 bits per heavy atom. The predicted molar refractivity (Wildman–Crippen MR) is 247 cm³/mol. The monoisotopic (exact) mass is 846 g/mol. The number of unbranched alkanes of at least 4 members (excludes halogenated alkanes) is 15. The van der Waals surface area contributed by atoms with Gasteiger partial charge in [-0.1, -0.05) is 163 Å². The molecule has 0 spiro atoms. The number of nitrogens with two attached hydrogens (primary N) is 1. The number of hydrogen-bond donors (Lipinski definition) is 2. The number of carbonyl (C=O) groups excluding carboxylic acids is 2. The van der Waals surface area contributed by atoms with Crippen LogP contribution in [-0.4, -0.2) is 49.3 Å². The second kappa shape index (κ2) is 44.7. The standard InChI is InChI=1S/C49H84NO8P/c1-3-5-7-9-11-13-15-17-19-21-23-25-27-29-31-33-35-37-39-41-48(51)55-45-47(46-57-59(53,54)56-44-43-50)58-49(52)42-40-38-36-34-32-30-28-26-24-22-20-18-16-14-12-10-8-6-4-2/h6,8,11-14,17-20,23-26,47H,3-5,7,9-10,15-16,21-22,27-46,50H2,1-2H3,(H,53,54)/b8-6-,13-11-,14-12-,19-17-,20-18-,25-23-,26-24-. The lowest BCUT2D eigenvalue weighted by Gasteiger charge is -2.19. The smallest absolute Gasteiger partial charge is 0.462 e. The van der Waals surface area contributed by atoms with E-state index in [0.29, 0.717) is 12.8 Å². The first-order chi connectivity index (χ1) is 28.8. The van der Waals surface area contributed by atoms with Crippen LogP contribution in [0.4, 0.5) is 0 Å². The molecule has 0 aliphatic heterocycles. The van der Waals surface area contributed by atoms with E-state index in [4.69, 9.17) is 24.3 Å². The van der Waals surface area contributed by atoms with Crippen LogP contribution >= 0.6 is 7.82 Å². The van der Waals surface area contributed by atoms with E-state index in [-0.39, 0.29) is 32.6 Å². The van der Waals surface area contributed by atoms with Gasteiger partial charge < -0.3 is 20.1 Å². The largest absolute Gasteiger partial charge is 0.472 e. The van der Waals surface area contributed by atoms with E-state index in [1.807, 2.05) is 0 Å². The van der Waals surface area contributed by atoms with Gasteiger partial charge in [0.1, 0.15) is 6.61 Å². The van der Waals surface area contributed by atoms with Gasteiger partial charge in [0.2, 0.25) is 0 Å². The molecule has 59 heavy (non-hydrogen) atoms. The third-order valence-corrected chi connectivity index (χ3v) is 10.2. The minimum atomic E-state index is -4.39. The van der Waals surface area contributed by atoms with Crippen molar-refractivity contribution in [1.29, 1.82) is 0 Å². The zero-order valence-electron chi connectivity index (χ0n) is 37.2. The molecule has 338 valence electrons. The minimum absolute atomic E-state index is 0.0441. The summed E-state index contributed by atoms with van der Waals surface area (Å²) in [5, 5.41) is 0. The Kier molecular flexibility index (Phi) is 42.6. The molecule has 0 aliphatic carbocycles. The van der Waals surface area contributed by atoms with Gasteiger partial charge in [0.15, 0.2) is 6.10 Å². The summed E-state index contributed by atoms with van der Waals surface area (Å²) in [5.74, 6) is -0.866. The molecule has 0 aromatic heterocycles. The summed E-state index contributed by atoms with van der Waals surface area (Å²) in [6.07, 6.45) is 56.0. The fourth-order valence-electron chi connectivity index (χ4n) is 5.87. The molecule has 0 aromatic rings. The van der Waals surface area contributed by atoms with Crippen LogP contribution in [0.15, 0.2) is 85.1 Å². The Morgan fingerprint density at radius 1 is 0.525 bits per heavy atom. The highest BCUT2D eigenvalue weighted by molar-refractivity contribution is 7.47. The van der Waals surface area contributed by atoms with E-state index in [9.17, 15) is 19.0 Å². The Balaban J connectivity index is 4.19. The average Bonchev–Trinajstić information content (AvgIpc) is 3.22. The molecule has 10 heteroatoms. The lowest BCUT2D eigenvalue weighted by molar-refractivity contribution is -0.161. The Morgan fingerprint density at radius 3 is 1.39 bits per heavy atom. The van der Waals surface area contributed by atoms with Crippen LogP contribution in [0.3, 0.4) is 0 Å². The SMILES string of the molecule is CC/C=C\C/C=C\C/C=C\C/C=C\CCCCCCCCC(=O)OC(COC(=O)CCCCCCCC/C=C\C/C=C\C/C=C\CCCCC)COP(=O)(O)OCCN. The number of phosphoric ester groups is 1. The van der Waals surface area contributed by atoms with Gasteiger partial charge in [-0.25, -0.2) is 4.57 Å². The minimum Gasteiger partial charge on any atom is -0.462 e. The third kappa shape index (κ3) is 44.6. The molecule has 3 N–H and O–H groups in total. The number of ether oxygens (including phenoxy) is 2. The van der Waals surface area contributed by atoms with Gasteiger partial charge in [0.25, 0.3) is 0 Å². The van der Waals surface area contributed by atoms with Gasteiger partial charge in [-0.3, -0.25) is 18.6 Å². The molecule has 0 heterocycles. The van der Waals surface area contributed by atoms with E-state index in [1.54, 1.807) is 0 Å². The molecular formula is C49H84NO8P. The highest BCUT2D eigenvalue weighted by Gasteiger charge is 2.26. The summed E-state index contributed by atoms with van der Waals surface area (Å²) in [6, 6.07) is 0. The summed E-state index contributed by atoms with van der Waals surface area (Å²) >= 11 is 0. The molecule has 0 rings (SSSR count). The van der Waals surface area contributed by atoms with Crippen molar-refractivity contribution in [2.45, 2.75) is 187 Å². The van der Waals surface area contributed by atoms with Gasteiger partial charge in [-0.2, -0.15) is 0 Å². The van der Waals surface area contributed by atoms with E-state index >= 15 is 0 Å². The van der Waals surface area contributed by atoms with Crippen molar-refractivity contribution in [3.8, 4) is 0 Å². The first-order valence-corrected chi connectivity index (χ1v) is 24.6. The topological polar surface area (TPSA) is 134 Å².